The molecular weight excluding hydrogens is 307 g/mol. The van der Waals surface area contributed by atoms with Crippen LogP contribution in [-0.2, 0) is 16.1 Å². The Labute approximate surface area is 143 Å². The van der Waals surface area contributed by atoms with Gasteiger partial charge in [-0.2, -0.15) is 0 Å². The lowest BCUT2D eigenvalue weighted by molar-refractivity contribution is -0.135. The molecule has 0 N–H and O–H groups in total. The minimum absolute atomic E-state index is 0.0872. The van der Waals surface area contributed by atoms with Gasteiger partial charge in [0, 0.05) is 32.3 Å². The van der Waals surface area contributed by atoms with E-state index < -0.39 is 0 Å². The van der Waals surface area contributed by atoms with E-state index in [0.29, 0.717) is 0 Å². The van der Waals surface area contributed by atoms with Gasteiger partial charge in [-0.1, -0.05) is 12.1 Å². The first-order valence-electron chi connectivity index (χ1n) is 8.89. The maximum Gasteiger partial charge on any atom is 0.248 e. The van der Waals surface area contributed by atoms with Crippen molar-refractivity contribution in [1.82, 2.24) is 9.80 Å². The van der Waals surface area contributed by atoms with Crippen LogP contribution in [0.4, 0.5) is 4.39 Å². The molecule has 0 saturated carbocycles. The number of nitrogens with zero attached hydrogens (tertiary/aromatic N) is 2. The van der Waals surface area contributed by atoms with Gasteiger partial charge < -0.3 is 9.64 Å². The molecule has 0 bridgehead atoms. The Morgan fingerprint density at radius 1 is 1.21 bits per heavy atom. The van der Waals surface area contributed by atoms with E-state index in [1.165, 1.54) is 18.9 Å². The van der Waals surface area contributed by atoms with Crippen molar-refractivity contribution >= 4 is 5.91 Å². The highest BCUT2D eigenvalue weighted by molar-refractivity contribution is 5.77. The molecule has 132 valence electrons. The summed E-state index contributed by atoms with van der Waals surface area (Å²) in [6.45, 7) is 3.63. The summed E-state index contributed by atoms with van der Waals surface area (Å²) in [4.78, 5) is 16.6. The zero-order valence-corrected chi connectivity index (χ0v) is 14.5. The Balaban J connectivity index is 1.68. The van der Waals surface area contributed by atoms with Crippen LogP contribution >= 0.6 is 0 Å². The van der Waals surface area contributed by atoms with Gasteiger partial charge in [-0.15, -0.1) is 0 Å². The molecule has 2 aliphatic heterocycles. The lowest BCUT2D eigenvalue weighted by atomic mass is 9.87. The molecule has 1 atom stereocenters. The van der Waals surface area contributed by atoms with Crippen LogP contribution in [0.3, 0.4) is 0 Å². The molecule has 0 unspecified atom stereocenters. The fraction of sp³-hybridized carbons (Fsp3) is 0.632. The molecule has 4 nitrogen and oxygen atoms in total. The Morgan fingerprint density at radius 2 is 2.00 bits per heavy atom. The predicted molar refractivity (Wildman–Crippen MR) is 91.1 cm³/mol. The van der Waals surface area contributed by atoms with E-state index in [2.05, 4.69) is 4.90 Å². The summed E-state index contributed by atoms with van der Waals surface area (Å²) in [7, 11) is 1.56. The summed E-state index contributed by atoms with van der Waals surface area (Å²) in [6.07, 6.45) is 5.49. The van der Waals surface area contributed by atoms with Crippen LogP contribution < -0.4 is 0 Å². The number of hydrogen-bond acceptors (Lipinski definition) is 3. The van der Waals surface area contributed by atoms with Crippen LogP contribution in [0.1, 0.15) is 37.7 Å². The molecule has 2 saturated heterocycles. The molecule has 2 heterocycles. The molecular formula is C19H27FN2O2. The lowest BCUT2D eigenvalue weighted by Gasteiger charge is -2.38. The highest BCUT2D eigenvalue weighted by atomic mass is 19.1. The summed E-state index contributed by atoms with van der Waals surface area (Å²) in [5, 5.41) is 0. The third-order valence-electron chi connectivity index (χ3n) is 5.54. The monoisotopic (exact) mass is 334 g/mol. The van der Waals surface area contributed by atoms with Gasteiger partial charge in [-0.3, -0.25) is 9.69 Å². The summed E-state index contributed by atoms with van der Waals surface area (Å²) in [6, 6.07) is 6.91. The Kier molecular flexibility index (Phi) is 5.51. The van der Waals surface area contributed by atoms with E-state index in [9.17, 15) is 9.18 Å². The quantitative estimate of drug-likeness (QED) is 0.849. The van der Waals surface area contributed by atoms with Crippen LogP contribution in [0, 0.1) is 5.82 Å². The standard InChI is InChI=1S/C19H27FN2O2/c1-24-15-18(23)21-10-3-7-19(9-12-21)8-4-11-22(19)14-16-5-2-6-17(20)13-16/h2,5-6,13H,3-4,7-12,14-15H2,1H3/t19-/m0/s1. The maximum atomic E-state index is 13.5. The van der Waals surface area contributed by atoms with Crippen molar-refractivity contribution in [3.8, 4) is 0 Å². The molecule has 1 aromatic carbocycles. The zero-order valence-electron chi connectivity index (χ0n) is 14.5. The maximum absolute atomic E-state index is 13.5. The van der Waals surface area contributed by atoms with Crippen molar-refractivity contribution in [2.75, 3.05) is 33.4 Å². The first kappa shape index (κ1) is 17.4. The smallest absolute Gasteiger partial charge is 0.248 e. The summed E-state index contributed by atoms with van der Waals surface area (Å²) in [5.74, 6) is -0.0813. The summed E-state index contributed by atoms with van der Waals surface area (Å²) >= 11 is 0. The van der Waals surface area contributed by atoms with Crippen molar-refractivity contribution in [1.29, 1.82) is 0 Å². The van der Waals surface area contributed by atoms with Crippen molar-refractivity contribution in [2.24, 2.45) is 0 Å². The van der Waals surface area contributed by atoms with Gasteiger partial charge >= 0.3 is 0 Å². The van der Waals surface area contributed by atoms with Crippen LogP contribution in [0.15, 0.2) is 24.3 Å². The fourth-order valence-corrected chi connectivity index (χ4v) is 4.31. The van der Waals surface area contributed by atoms with E-state index in [4.69, 9.17) is 4.74 Å². The first-order valence-corrected chi connectivity index (χ1v) is 8.89. The highest BCUT2D eigenvalue weighted by Crippen LogP contribution is 2.39. The number of rotatable bonds is 4. The molecule has 0 radical (unpaired) electrons. The van der Waals surface area contributed by atoms with Crippen LogP contribution in [0.5, 0.6) is 0 Å². The van der Waals surface area contributed by atoms with Crippen LogP contribution in [-0.4, -0.2) is 54.6 Å². The molecule has 0 aromatic heterocycles. The zero-order chi connectivity index (χ0) is 17.0. The number of likely N-dealkylation sites (tertiary alicyclic amines) is 2. The molecule has 3 rings (SSSR count). The molecule has 1 amide bonds. The van der Waals surface area contributed by atoms with Crippen LogP contribution in [0.2, 0.25) is 0 Å². The SMILES string of the molecule is COCC(=O)N1CCC[C@]2(CCCN2Cc2cccc(F)c2)CC1. The van der Waals surface area contributed by atoms with E-state index in [-0.39, 0.29) is 23.9 Å². The van der Waals surface area contributed by atoms with E-state index in [1.807, 2.05) is 11.0 Å². The van der Waals surface area contributed by atoms with Crippen molar-refractivity contribution in [3.63, 3.8) is 0 Å². The number of amides is 1. The van der Waals surface area contributed by atoms with E-state index in [1.54, 1.807) is 19.2 Å². The number of hydrogen-bond donors (Lipinski definition) is 0. The number of carbonyl (C=O) groups excluding carboxylic acids is 1. The topological polar surface area (TPSA) is 32.8 Å². The number of benzene rings is 1. The van der Waals surface area contributed by atoms with Crippen molar-refractivity contribution < 1.29 is 13.9 Å². The van der Waals surface area contributed by atoms with Gasteiger partial charge in [0.25, 0.3) is 0 Å². The second kappa shape index (κ2) is 7.62. The van der Waals surface area contributed by atoms with Crippen LogP contribution in [0.25, 0.3) is 0 Å². The van der Waals surface area contributed by atoms with Gasteiger partial charge in [0.05, 0.1) is 0 Å². The molecule has 1 spiro atoms. The van der Waals surface area contributed by atoms with Gasteiger partial charge in [0.1, 0.15) is 12.4 Å². The average Bonchev–Trinajstić information content (AvgIpc) is 2.79. The number of carbonyl (C=O) groups is 1. The molecule has 2 aliphatic rings. The second-order valence-corrected chi connectivity index (χ2v) is 7.05. The summed E-state index contributed by atoms with van der Waals surface area (Å²) in [5.41, 5.74) is 1.20. The molecule has 2 fully saturated rings. The average molecular weight is 334 g/mol. The largest absolute Gasteiger partial charge is 0.375 e. The number of halogens is 1. The third kappa shape index (κ3) is 3.78. The Morgan fingerprint density at radius 3 is 2.75 bits per heavy atom. The highest BCUT2D eigenvalue weighted by Gasteiger charge is 2.41. The van der Waals surface area contributed by atoms with E-state index in [0.717, 1.165) is 51.0 Å². The third-order valence-corrected chi connectivity index (χ3v) is 5.54. The van der Waals surface area contributed by atoms with Gasteiger partial charge in [0.15, 0.2) is 0 Å². The van der Waals surface area contributed by atoms with E-state index >= 15 is 0 Å². The number of methoxy groups -OCH3 is 1. The first-order chi connectivity index (χ1) is 11.6. The second-order valence-electron chi connectivity index (χ2n) is 7.05. The molecule has 0 aliphatic carbocycles. The molecule has 24 heavy (non-hydrogen) atoms. The predicted octanol–water partition coefficient (Wildman–Crippen LogP) is 2.82. The Hall–Kier alpha value is -1.46. The lowest BCUT2D eigenvalue weighted by Crippen LogP contribution is -2.44. The minimum atomic E-state index is -0.169. The minimum Gasteiger partial charge on any atom is -0.375 e. The van der Waals surface area contributed by atoms with Crippen molar-refractivity contribution in [2.45, 2.75) is 44.2 Å². The van der Waals surface area contributed by atoms with Gasteiger partial charge in [-0.05, 0) is 56.3 Å². The fourth-order valence-electron chi connectivity index (χ4n) is 4.31. The van der Waals surface area contributed by atoms with Crippen molar-refractivity contribution in [3.05, 3.63) is 35.6 Å². The normalized spacial score (nSPS) is 25.2. The molecule has 1 aromatic rings. The van der Waals surface area contributed by atoms with Gasteiger partial charge in [-0.25, -0.2) is 4.39 Å². The number of ether oxygens (including phenoxy) is 1. The molecule has 5 heteroatoms. The summed E-state index contributed by atoms with van der Waals surface area (Å²) < 4.78 is 18.5. The van der Waals surface area contributed by atoms with Gasteiger partial charge in [0.2, 0.25) is 5.91 Å². The Bertz CT molecular complexity index is 580.